The zero-order chi connectivity index (χ0) is 17.6. The molecule has 130 valence electrons. The Morgan fingerprint density at radius 1 is 1.40 bits per heavy atom. The van der Waals surface area contributed by atoms with E-state index in [1.54, 1.807) is 18.2 Å². The van der Waals surface area contributed by atoms with Crippen molar-refractivity contribution in [2.75, 3.05) is 0 Å². The second-order valence-corrected chi connectivity index (χ2v) is 6.72. The van der Waals surface area contributed by atoms with Gasteiger partial charge in [-0.25, -0.2) is 4.39 Å². The number of nitrogens with one attached hydrogen (secondary N) is 1. The number of para-hydroxylation sites is 1. The lowest BCUT2D eigenvalue weighted by Gasteiger charge is -2.25. The highest BCUT2D eigenvalue weighted by molar-refractivity contribution is 5.96. The Morgan fingerprint density at radius 3 is 3.00 bits per heavy atom. The molecule has 3 heterocycles. The predicted octanol–water partition coefficient (Wildman–Crippen LogP) is 3.03. The number of hydrogen-bond donors (Lipinski definition) is 1. The van der Waals surface area contributed by atoms with Crippen LogP contribution in [0, 0.1) is 5.82 Å². The minimum absolute atomic E-state index is 0.0356. The van der Waals surface area contributed by atoms with E-state index in [2.05, 4.69) is 33.9 Å². The topological polar surface area (TPSA) is 73.0 Å². The largest absolute Gasteiger partial charge is 0.448 e. The summed E-state index contributed by atoms with van der Waals surface area (Å²) in [7, 11) is 0. The summed E-state index contributed by atoms with van der Waals surface area (Å²) in [4.78, 5) is 12.5. The summed E-state index contributed by atoms with van der Waals surface area (Å²) in [5.41, 5.74) is 0.111. The second-order valence-electron chi connectivity index (χ2n) is 6.72. The summed E-state index contributed by atoms with van der Waals surface area (Å²) in [6.45, 7) is 4.78. The summed E-state index contributed by atoms with van der Waals surface area (Å²) in [5.74, 6) is 1.49. The molecular formula is C18H19FN4O2. The van der Waals surface area contributed by atoms with Gasteiger partial charge in [-0.3, -0.25) is 4.79 Å². The van der Waals surface area contributed by atoms with E-state index in [1.165, 1.54) is 6.07 Å². The maximum absolute atomic E-state index is 13.7. The van der Waals surface area contributed by atoms with Gasteiger partial charge in [0.25, 0.3) is 5.91 Å². The molecule has 1 N–H and O–H groups in total. The lowest BCUT2D eigenvalue weighted by molar-refractivity contribution is 0.0901. The molecule has 1 aromatic carbocycles. The SMILES string of the molecule is CC(C)c1nnc2n1C[C@H](NC(=O)c1cc3cccc(F)c3o1)CC2. The Kier molecular flexibility index (Phi) is 3.78. The Labute approximate surface area is 144 Å². The summed E-state index contributed by atoms with van der Waals surface area (Å²) >= 11 is 0. The van der Waals surface area contributed by atoms with Crippen LogP contribution in [-0.4, -0.2) is 26.7 Å². The average molecular weight is 342 g/mol. The van der Waals surface area contributed by atoms with Crippen LogP contribution in [0.15, 0.2) is 28.7 Å². The van der Waals surface area contributed by atoms with E-state index < -0.39 is 5.82 Å². The van der Waals surface area contributed by atoms with Crippen LogP contribution >= 0.6 is 0 Å². The van der Waals surface area contributed by atoms with E-state index in [0.717, 1.165) is 24.5 Å². The Balaban J connectivity index is 1.52. The maximum Gasteiger partial charge on any atom is 0.287 e. The summed E-state index contributed by atoms with van der Waals surface area (Å²) in [5, 5.41) is 12.0. The number of amides is 1. The molecule has 0 unspecified atom stereocenters. The minimum Gasteiger partial charge on any atom is -0.448 e. The molecular weight excluding hydrogens is 323 g/mol. The first-order chi connectivity index (χ1) is 12.0. The van der Waals surface area contributed by atoms with Crippen LogP contribution in [0.1, 0.15) is 48.4 Å². The van der Waals surface area contributed by atoms with Crippen molar-refractivity contribution in [3.05, 3.63) is 47.5 Å². The van der Waals surface area contributed by atoms with Crippen molar-refractivity contribution in [3.8, 4) is 0 Å². The number of furan rings is 1. The monoisotopic (exact) mass is 342 g/mol. The van der Waals surface area contributed by atoms with Crippen molar-refractivity contribution in [1.29, 1.82) is 0 Å². The van der Waals surface area contributed by atoms with Crippen LogP contribution in [0.25, 0.3) is 11.0 Å². The first-order valence-electron chi connectivity index (χ1n) is 8.44. The number of carbonyl (C=O) groups is 1. The van der Waals surface area contributed by atoms with Gasteiger partial charge in [0, 0.05) is 30.3 Å². The highest BCUT2D eigenvalue weighted by Crippen LogP contribution is 2.23. The second kappa shape index (κ2) is 5.98. The molecule has 4 rings (SSSR count). The van der Waals surface area contributed by atoms with Gasteiger partial charge in [-0.05, 0) is 18.6 Å². The van der Waals surface area contributed by atoms with Gasteiger partial charge < -0.3 is 14.3 Å². The van der Waals surface area contributed by atoms with Gasteiger partial charge in [-0.15, -0.1) is 10.2 Å². The van der Waals surface area contributed by atoms with Crippen molar-refractivity contribution in [1.82, 2.24) is 20.1 Å². The van der Waals surface area contributed by atoms with Crippen LogP contribution in [0.5, 0.6) is 0 Å². The zero-order valence-electron chi connectivity index (χ0n) is 14.1. The molecule has 1 amide bonds. The van der Waals surface area contributed by atoms with Gasteiger partial charge in [0.05, 0.1) is 0 Å². The van der Waals surface area contributed by atoms with Crippen LogP contribution in [0.2, 0.25) is 0 Å². The first-order valence-corrected chi connectivity index (χ1v) is 8.44. The van der Waals surface area contributed by atoms with E-state index in [4.69, 9.17) is 4.42 Å². The molecule has 1 aliphatic heterocycles. The van der Waals surface area contributed by atoms with E-state index in [-0.39, 0.29) is 29.2 Å². The number of nitrogens with zero attached hydrogens (tertiary/aromatic N) is 3. The Bertz CT molecular complexity index is 944. The number of hydrogen-bond acceptors (Lipinski definition) is 4. The van der Waals surface area contributed by atoms with Crippen LogP contribution in [-0.2, 0) is 13.0 Å². The Morgan fingerprint density at radius 2 is 2.24 bits per heavy atom. The standard InChI is InChI=1S/C18H19FN4O2/c1-10(2)17-22-21-15-7-6-12(9-23(15)17)20-18(24)14-8-11-4-3-5-13(19)16(11)25-14/h3-5,8,10,12H,6-7,9H2,1-2H3,(H,20,24)/t12-/m1/s1. The molecule has 1 atom stereocenters. The molecule has 0 bridgehead atoms. The molecule has 1 aliphatic rings. The van der Waals surface area contributed by atoms with Crippen molar-refractivity contribution in [3.63, 3.8) is 0 Å². The van der Waals surface area contributed by atoms with Gasteiger partial charge in [-0.1, -0.05) is 26.0 Å². The molecule has 0 fully saturated rings. The molecule has 0 aliphatic carbocycles. The van der Waals surface area contributed by atoms with Crippen molar-refractivity contribution < 1.29 is 13.6 Å². The first kappa shape index (κ1) is 15.8. The lowest BCUT2D eigenvalue weighted by atomic mass is 10.1. The summed E-state index contributed by atoms with van der Waals surface area (Å²) < 4.78 is 21.2. The number of halogens is 1. The highest BCUT2D eigenvalue weighted by Gasteiger charge is 2.26. The minimum atomic E-state index is -0.468. The van der Waals surface area contributed by atoms with Gasteiger partial charge in [0.1, 0.15) is 11.6 Å². The van der Waals surface area contributed by atoms with Crippen molar-refractivity contribution in [2.24, 2.45) is 0 Å². The molecule has 3 aromatic rings. The zero-order valence-corrected chi connectivity index (χ0v) is 14.1. The smallest absolute Gasteiger partial charge is 0.287 e. The fourth-order valence-corrected chi connectivity index (χ4v) is 3.29. The van der Waals surface area contributed by atoms with Gasteiger partial charge in [0.2, 0.25) is 0 Å². The Hall–Kier alpha value is -2.70. The van der Waals surface area contributed by atoms with Crippen molar-refractivity contribution >= 4 is 16.9 Å². The predicted molar refractivity (Wildman–Crippen MR) is 89.9 cm³/mol. The average Bonchev–Trinajstić information content (AvgIpc) is 3.19. The molecule has 0 radical (unpaired) electrons. The molecule has 25 heavy (non-hydrogen) atoms. The number of aromatic nitrogens is 3. The van der Waals surface area contributed by atoms with Gasteiger partial charge in [0.15, 0.2) is 17.2 Å². The van der Waals surface area contributed by atoms with Crippen LogP contribution in [0.4, 0.5) is 4.39 Å². The van der Waals surface area contributed by atoms with E-state index in [0.29, 0.717) is 11.9 Å². The van der Waals surface area contributed by atoms with E-state index in [1.807, 2.05) is 0 Å². The van der Waals surface area contributed by atoms with Gasteiger partial charge in [-0.2, -0.15) is 0 Å². The normalized spacial score (nSPS) is 17.0. The van der Waals surface area contributed by atoms with Gasteiger partial charge >= 0.3 is 0 Å². The number of fused-ring (bicyclic) bond motifs is 2. The third-order valence-electron chi connectivity index (χ3n) is 4.55. The number of rotatable bonds is 3. The molecule has 0 saturated carbocycles. The number of aryl methyl sites for hydroxylation is 1. The van der Waals surface area contributed by atoms with Crippen LogP contribution in [0.3, 0.4) is 0 Å². The summed E-state index contributed by atoms with van der Waals surface area (Å²) in [6.07, 6.45) is 1.55. The molecule has 7 heteroatoms. The third kappa shape index (κ3) is 2.79. The summed E-state index contributed by atoms with van der Waals surface area (Å²) in [6, 6.07) is 6.16. The van der Waals surface area contributed by atoms with Crippen LogP contribution < -0.4 is 5.32 Å². The van der Waals surface area contributed by atoms with Crippen molar-refractivity contribution in [2.45, 2.75) is 45.2 Å². The molecule has 2 aromatic heterocycles. The molecule has 6 nitrogen and oxygen atoms in total. The molecule has 0 spiro atoms. The maximum atomic E-state index is 13.7. The third-order valence-corrected chi connectivity index (χ3v) is 4.55. The fraction of sp³-hybridized carbons (Fsp3) is 0.389. The number of benzene rings is 1. The number of carbonyl (C=O) groups excluding carboxylic acids is 1. The lowest BCUT2D eigenvalue weighted by Crippen LogP contribution is -2.41. The quantitative estimate of drug-likeness (QED) is 0.794. The fourth-order valence-electron chi connectivity index (χ4n) is 3.29. The van der Waals surface area contributed by atoms with E-state index >= 15 is 0 Å². The highest BCUT2D eigenvalue weighted by atomic mass is 19.1. The molecule has 0 saturated heterocycles. The van der Waals surface area contributed by atoms with E-state index in [9.17, 15) is 9.18 Å².